The minimum Gasteiger partial charge on any atom is -0.273 e. The first-order valence-corrected chi connectivity index (χ1v) is 10.1. The van der Waals surface area contributed by atoms with E-state index in [0.29, 0.717) is 16.2 Å². The molecule has 5 nitrogen and oxygen atoms in total. The van der Waals surface area contributed by atoms with Gasteiger partial charge in [0, 0.05) is 22.3 Å². The Labute approximate surface area is 160 Å². The number of hydrogen-bond acceptors (Lipinski definition) is 6. The minimum atomic E-state index is -0.264. The Morgan fingerprint density at radius 2 is 1.69 bits per heavy atom. The van der Waals surface area contributed by atoms with Crippen LogP contribution in [-0.2, 0) is 5.75 Å². The van der Waals surface area contributed by atoms with Gasteiger partial charge in [0.2, 0.25) is 0 Å². The third-order valence-electron chi connectivity index (χ3n) is 3.42. The van der Waals surface area contributed by atoms with Gasteiger partial charge in [-0.05, 0) is 44.2 Å². The van der Waals surface area contributed by atoms with Gasteiger partial charge < -0.3 is 0 Å². The van der Waals surface area contributed by atoms with E-state index >= 15 is 0 Å². The molecule has 0 unspecified atom stereocenters. The standard InChI is InChI=1S/C18H20FN5S2/c1-11(2)26-18-23-22-16(24(18)15-7-5-14(19)6-8-15)10-25-17-20-12(3)9-13(4)21-17/h5-9,11H,10H2,1-4H3. The molecule has 0 bridgehead atoms. The van der Waals surface area contributed by atoms with Gasteiger partial charge in [-0.3, -0.25) is 4.57 Å². The molecule has 0 aliphatic rings. The Kier molecular flexibility index (Phi) is 5.93. The smallest absolute Gasteiger partial charge is 0.196 e. The number of benzene rings is 1. The molecular weight excluding hydrogens is 369 g/mol. The fraction of sp³-hybridized carbons (Fsp3) is 0.333. The van der Waals surface area contributed by atoms with Crippen molar-refractivity contribution in [2.24, 2.45) is 0 Å². The first kappa shape index (κ1) is 18.8. The highest BCUT2D eigenvalue weighted by Gasteiger charge is 2.16. The van der Waals surface area contributed by atoms with Gasteiger partial charge in [-0.2, -0.15) is 0 Å². The Hall–Kier alpha value is -1.93. The lowest BCUT2D eigenvalue weighted by Gasteiger charge is -2.11. The molecule has 0 radical (unpaired) electrons. The third-order valence-corrected chi connectivity index (χ3v) is 5.21. The highest BCUT2D eigenvalue weighted by molar-refractivity contribution is 7.99. The van der Waals surface area contributed by atoms with Gasteiger partial charge >= 0.3 is 0 Å². The van der Waals surface area contributed by atoms with Crippen LogP contribution >= 0.6 is 23.5 Å². The molecule has 8 heteroatoms. The Balaban J connectivity index is 1.91. The van der Waals surface area contributed by atoms with Crippen LogP contribution < -0.4 is 0 Å². The highest BCUT2D eigenvalue weighted by atomic mass is 32.2. The van der Waals surface area contributed by atoms with Crippen LogP contribution in [0.1, 0.15) is 31.1 Å². The van der Waals surface area contributed by atoms with Crippen molar-refractivity contribution in [3.8, 4) is 5.69 Å². The predicted octanol–water partition coefficient (Wildman–Crippen LogP) is 4.61. The lowest BCUT2D eigenvalue weighted by Crippen LogP contribution is -2.04. The van der Waals surface area contributed by atoms with E-state index in [4.69, 9.17) is 0 Å². The molecule has 0 saturated heterocycles. The molecule has 3 aromatic rings. The summed E-state index contributed by atoms with van der Waals surface area (Å²) >= 11 is 3.14. The van der Waals surface area contributed by atoms with Crippen molar-refractivity contribution in [2.45, 2.75) is 49.0 Å². The lowest BCUT2D eigenvalue weighted by atomic mass is 10.3. The molecule has 0 fully saturated rings. The third kappa shape index (κ3) is 4.62. The van der Waals surface area contributed by atoms with E-state index in [1.807, 2.05) is 24.5 Å². The molecule has 0 spiro atoms. The Bertz CT molecular complexity index is 873. The number of halogens is 1. The molecular formula is C18H20FN5S2. The zero-order valence-corrected chi connectivity index (χ0v) is 16.7. The van der Waals surface area contributed by atoms with Crippen molar-refractivity contribution in [3.63, 3.8) is 0 Å². The van der Waals surface area contributed by atoms with Crippen LogP contribution in [0.15, 0.2) is 40.6 Å². The number of thioether (sulfide) groups is 2. The van der Waals surface area contributed by atoms with Crippen LogP contribution in [0.5, 0.6) is 0 Å². The van der Waals surface area contributed by atoms with Crippen LogP contribution in [0.2, 0.25) is 0 Å². The van der Waals surface area contributed by atoms with Crippen molar-refractivity contribution >= 4 is 23.5 Å². The summed E-state index contributed by atoms with van der Waals surface area (Å²) in [6.07, 6.45) is 0. The van der Waals surface area contributed by atoms with E-state index in [1.54, 1.807) is 23.9 Å². The highest BCUT2D eigenvalue weighted by Crippen LogP contribution is 2.28. The maximum Gasteiger partial charge on any atom is 0.196 e. The molecule has 0 amide bonds. The Morgan fingerprint density at radius 1 is 1.04 bits per heavy atom. The van der Waals surface area contributed by atoms with Gasteiger partial charge in [0.15, 0.2) is 10.3 Å². The second-order valence-corrected chi connectivity index (χ2v) is 8.59. The normalized spacial score (nSPS) is 11.3. The molecule has 0 saturated carbocycles. The SMILES string of the molecule is Cc1cc(C)nc(SCc2nnc(SC(C)C)n2-c2ccc(F)cc2)n1. The van der Waals surface area contributed by atoms with E-state index in [-0.39, 0.29) is 5.82 Å². The number of hydrogen-bond donors (Lipinski definition) is 0. The number of nitrogens with zero attached hydrogens (tertiary/aromatic N) is 5. The second-order valence-electron chi connectivity index (χ2n) is 6.10. The summed E-state index contributed by atoms with van der Waals surface area (Å²) in [7, 11) is 0. The van der Waals surface area contributed by atoms with E-state index in [2.05, 4.69) is 34.0 Å². The largest absolute Gasteiger partial charge is 0.273 e. The van der Waals surface area contributed by atoms with E-state index < -0.39 is 0 Å². The van der Waals surface area contributed by atoms with Crippen molar-refractivity contribution in [1.29, 1.82) is 0 Å². The number of aryl methyl sites for hydroxylation is 2. The van der Waals surface area contributed by atoms with Crippen molar-refractivity contribution in [3.05, 3.63) is 53.4 Å². The summed E-state index contributed by atoms with van der Waals surface area (Å²) in [4.78, 5) is 8.92. The van der Waals surface area contributed by atoms with Crippen LogP contribution in [0, 0.1) is 19.7 Å². The van der Waals surface area contributed by atoms with Gasteiger partial charge in [-0.25, -0.2) is 14.4 Å². The molecule has 0 aliphatic heterocycles. The van der Waals surface area contributed by atoms with E-state index in [1.165, 1.54) is 23.9 Å². The molecule has 2 aromatic heterocycles. The average Bonchev–Trinajstić information content (AvgIpc) is 2.95. The zero-order valence-electron chi connectivity index (χ0n) is 15.1. The first-order chi connectivity index (χ1) is 12.4. The van der Waals surface area contributed by atoms with Crippen LogP contribution in [0.4, 0.5) is 4.39 Å². The molecule has 1 aromatic carbocycles. The molecule has 136 valence electrons. The van der Waals surface area contributed by atoms with E-state index in [0.717, 1.165) is 28.1 Å². The summed E-state index contributed by atoms with van der Waals surface area (Å²) in [6, 6.07) is 8.32. The van der Waals surface area contributed by atoms with Crippen LogP contribution in [-0.4, -0.2) is 30.0 Å². The van der Waals surface area contributed by atoms with Gasteiger partial charge in [0.05, 0.1) is 5.75 Å². The summed E-state index contributed by atoms with van der Waals surface area (Å²) in [6.45, 7) is 8.12. The lowest BCUT2D eigenvalue weighted by molar-refractivity contribution is 0.627. The van der Waals surface area contributed by atoms with Crippen LogP contribution in [0.25, 0.3) is 5.69 Å². The number of aromatic nitrogens is 5. The van der Waals surface area contributed by atoms with Gasteiger partial charge in [0.25, 0.3) is 0 Å². The number of rotatable bonds is 6. The van der Waals surface area contributed by atoms with Crippen molar-refractivity contribution in [1.82, 2.24) is 24.7 Å². The molecule has 26 heavy (non-hydrogen) atoms. The fourth-order valence-corrected chi connectivity index (χ4v) is 4.11. The molecule has 0 N–H and O–H groups in total. The molecule has 0 atom stereocenters. The summed E-state index contributed by atoms with van der Waals surface area (Å²) in [5.41, 5.74) is 2.73. The minimum absolute atomic E-state index is 0.264. The van der Waals surface area contributed by atoms with Gasteiger partial charge in [0.1, 0.15) is 11.6 Å². The zero-order chi connectivity index (χ0) is 18.7. The maximum atomic E-state index is 13.3. The molecule has 2 heterocycles. The predicted molar refractivity (Wildman–Crippen MR) is 103 cm³/mol. The van der Waals surface area contributed by atoms with Gasteiger partial charge in [-0.15, -0.1) is 10.2 Å². The second kappa shape index (κ2) is 8.18. The Morgan fingerprint density at radius 3 is 2.31 bits per heavy atom. The summed E-state index contributed by atoms with van der Waals surface area (Å²) in [5.74, 6) is 1.10. The quantitative estimate of drug-likeness (QED) is 0.453. The average molecular weight is 390 g/mol. The first-order valence-electron chi connectivity index (χ1n) is 8.24. The topological polar surface area (TPSA) is 56.5 Å². The monoisotopic (exact) mass is 389 g/mol. The summed E-state index contributed by atoms with van der Waals surface area (Å²) in [5, 5.41) is 10.6. The van der Waals surface area contributed by atoms with Crippen LogP contribution in [0.3, 0.4) is 0 Å². The molecule has 0 aliphatic carbocycles. The van der Waals surface area contributed by atoms with Crippen molar-refractivity contribution in [2.75, 3.05) is 0 Å². The summed E-state index contributed by atoms with van der Waals surface area (Å²) < 4.78 is 15.3. The van der Waals surface area contributed by atoms with Gasteiger partial charge in [-0.1, -0.05) is 37.4 Å². The van der Waals surface area contributed by atoms with E-state index in [9.17, 15) is 4.39 Å². The van der Waals surface area contributed by atoms with Crippen molar-refractivity contribution < 1.29 is 4.39 Å². The molecule has 3 rings (SSSR count). The fourth-order valence-electron chi connectivity index (χ4n) is 2.42. The maximum absolute atomic E-state index is 13.3.